The maximum absolute atomic E-state index is 12.0. The van der Waals surface area contributed by atoms with Gasteiger partial charge in [0.2, 0.25) is 0 Å². The summed E-state index contributed by atoms with van der Waals surface area (Å²) in [6, 6.07) is 10.4. The lowest BCUT2D eigenvalue weighted by Crippen LogP contribution is -2.29. The average Bonchev–Trinajstić information content (AvgIpc) is 2.95. The third kappa shape index (κ3) is 1.93. The zero-order valence-corrected chi connectivity index (χ0v) is 10.8. The van der Waals surface area contributed by atoms with E-state index in [0.29, 0.717) is 12.5 Å². The lowest BCUT2D eigenvalue weighted by atomic mass is 10.1. The number of hydrogen-bond acceptors (Lipinski definition) is 3. The maximum atomic E-state index is 12.0. The van der Waals surface area contributed by atoms with Crippen LogP contribution in [0.15, 0.2) is 30.3 Å². The number of carbonyl (C=O) groups is 1. The van der Waals surface area contributed by atoms with Crippen molar-refractivity contribution in [2.24, 2.45) is 11.3 Å². The summed E-state index contributed by atoms with van der Waals surface area (Å²) in [5.74, 6) is 0.547. The number of rotatable bonds is 4. The van der Waals surface area contributed by atoms with Crippen molar-refractivity contribution in [2.75, 3.05) is 19.7 Å². The van der Waals surface area contributed by atoms with E-state index in [1.54, 1.807) is 0 Å². The third-order valence-electron chi connectivity index (χ3n) is 4.15. The molecule has 0 spiro atoms. The lowest BCUT2D eigenvalue weighted by molar-refractivity contribution is -0.149. The second-order valence-corrected chi connectivity index (χ2v) is 5.43. The first-order valence-corrected chi connectivity index (χ1v) is 6.68. The van der Waals surface area contributed by atoms with Gasteiger partial charge in [-0.25, -0.2) is 0 Å². The van der Waals surface area contributed by atoms with Crippen molar-refractivity contribution < 1.29 is 9.53 Å². The van der Waals surface area contributed by atoms with Gasteiger partial charge >= 0.3 is 5.97 Å². The fourth-order valence-corrected chi connectivity index (χ4v) is 3.14. The number of piperidine rings is 1. The van der Waals surface area contributed by atoms with Crippen molar-refractivity contribution in [3.8, 4) is 0 Å². The van der Waals surface area contributed by atoms with E-state index >= 15 is 0 Å². The Balaban J connectivity index is 1.62. The number of esters is 1. The highest BCUT2D eigenvalue weighted by atomic mass is 16.5. The topological polar surface area (TPSA) is 29.5 Å². The summed E-state index contributed by atoms with van der Waals surface area (Å²) in [6.45, 7) is 5.21. The van der Waals surface area contributed by atoms with Gasteiger partial charge in [-0.2, -0.15) is 0 Å². The first-order chi connectivity index (χ1) is 8.74. The van der Waals surface area contributed by atoms with Crippen molar-refractivity contribution in [1.82, 2.24) is 4.90 Å². The van der Waals surface area contributed by atoms with Crippen LogP contribution in [0.3, 0.4) is 0 Å². The van der Waals surface area contributed by atoms with Gasteiger partial charge < -0.3 is 4.74 Å². The van der Waals surface area contributed by atoms with Crippen LogP contribution in [0.4, 0.5) is 0 Å². The van der Waals surface area contributed by atoms with E-state index in [9.17, 15) is 4.79 Å². The number of nitrogens with zero attached hydrogens (tertiary/aromatic N) is 1. The Morgan fingerprint density at radius 2 is 2.22 bits per heavy atom. The van der Waals surface area contributed by atoms with Crippen LogP contribution in [0, 0.1) is 11.3 Å². The fraction of sp³-hybridized carbons (Fsp3) is 0.533. The molecule has 18 heavy (non-hydrogen) atoms. The van der Waals surface area contributed by atoms with Crippen LogP contribution in [-0.4, -0.2) is 30.6 Å². The van der Waals surface area contributed by atoms with Crippen molar-refractivity contribution in [3.05, 3.63) is 35.9 Å². The molecule has 2 atom stereocenters. The number of likely N-dealkylation sites (tertiary alicyclic amines) is 1. The predicted octanol–water partition coefficient (Wildman–Crippen LogP) is 2.07. The van der Waals surface area contributed by atoms with Crippen LogP contribution in [0.25, 0.3) is 0 Å². The molecule has 1 aliphatic heterocycles. The van der Waals surface area contributed by atoms with Gasteiger partial charge in [-0.15, -0.1) is 0 Å². The second-order valence-electron chi connectivity index (χ2n) is 5.43. The number of fused-ring (bicyclic) bond motifs is 1. The molecule has 1 saturated carbocycles. The third-order valence-corrected chi connectivity index (χ3v) is 4.15. The molecule has 2 fully saturated rings. The molecule has 0 amide bonds. The molecule has 1 aromatic rings. The van der Waals surface area contributed by atoms with Crippen LogP contribution in [0.5, 0.6) is 0 Å². The SMILES string of the molecule is CCOC(=O)[C@@]12C[C@H]1CN(Cc1ccccc1)C2. The molecular weight excluding hydrogens is 226 g/mol. The largest absolute Gasteiger partial charge is 0.466 e. The molecule has 1 saturated heterocycles. The quantitative estimate of drug-likeness (QED) is 0.761. The predicted molar refractivity (Wildman–Crippen MR) is 68.9 cm³/mol. The highest BCUT2D eigenvalue weighted by molar-refractivity contribution is 5.81. The zero-order chi connectivity index (χ0) is 12.6. The van der Waals surface area contributed by atoms with E-state index < -0.39 is 0 Å². The van der Waals surface area contributed by atoms with Gasteiger partial charge in [0.25, 0.3) is 0 Å². The summed E-state index contributed by atoms with van der Waals surface area (Å²) in [5, 5.41) is 0. The molecule has 0 N–H and O–H groups in total. The van der Waals surface area contributed by atoms with Crippen molar-refractivity contribution >= 4 is 5.97 Å². The second kappa shape index (κ2) is 4.39. The van der Waals surface area contributed by atoms with E-state index in [0.717, 1.165) is 26.1 Å². The van der Waals surface area contributed by atoms with E-state index in [-0.39, 0.29) is 11.4 Å². The highest BCUT2D eigenvalue weighted by Crippen LogP contribution is 2.58. The molecule has 3 heteroatoms. The summed E-state index contributed by atoms with van der Waals surface area (Å²) >= 11 is 0. The standard InChI is InChI=1S/C15H19NO2/c1-2-18-14(17)15-8-13(15)10-16(11-15)9-12-6-4-3-5-7-12/h3-7,13H,2,8-11H2,1H3/t13-,15+/m0/s1. The van der Waals surface area contributed by atoms with E-state index in [2.05, 4.69) is 29.2 Å². The summed E-state index contributed by atoms with van der Waals surface area (Å²) < 4.78 is 5.20. The van der Waals surface area contributed by atoms with Gasteiger partial charge in [-0.1, -0.05) is 30.3 Å². The van der Waals surface area contributed by atoms with Crippen LogP contribution < -0.4 is 0 Å². The summed E-state index contributed by atoms with van der Waals surface area (Å²) in [6.07, 6.45) is 1.02. The summed E-state index contributed by atoms with van der Waals surface area (Å²) in [4.78, 5) is 14.3. The van der Waals surface area contributed by atoms with Crippen molar-refractivity contribution in [3.63, 3.8) is 0 Å². The molecule has 1 aromatic carbocycles. The van der Waals surface area contributed by atoms with Crippen LogP contribution in [0.1, 0.15) is 18.9 Å². The molecular formula is C15H19NO2. The summed E-state index contributed by atoms with van der Waals surface area (Å²) in [7, 11) is 0. The minimum atomic E-state index is -0.162. The molecule has 1 heterocycles. The van der Waals surface area contributed by atoms with Crippen molar-refractivity contribution in [1.29, 1.82) is 0 Å². The monoisotopic (exact) mass is 245 g/mol. The number of carbonyl (C=O) groups excluding carboxylic acids is 1. The minimum Gasteiger partial charge on any atom is -0.466 e. The Morgan fingerprint density at radius 3 is 2.94 bits per heavy atom. The normalized spacial score (nSPS) is 29.9. The molecule has 0 aromatic heterocycles. The first-order valence-electron chi connectivity index (χ1n) is 6.68. The van der Waals surface area contributed by atoms with Crippen LogP contribution in [0.2, 0.25) is 0 Å². The van der Waals surface area contributed by atoms with E-state index in [1.165, 1.54) is 5.56 Å². The minimum absolute atomic E-state index is 0.0190. The first kappa shape index (κ1) is 11.7. The Hall–Kier alpha value is -1.35. The van der Waals surface area contributed by atoms with Gasteiger partial charge in [-0.05, 0) is 24.8 Å². The molecule has 3 rings (SSSR count). The van der Waals surface area contributed by atoms with E-state index in [4.69, 9.17) is 4.74 Å². The van der Waals surface area contributed by atoms with Crippen LogP contribution in [-0.2, 0) is 16.1 Å². The molecule has 3 nitrogen and oxygen atoms in total. The Morgan fingerprint density at radius 1 is 1.44 bits per heavy atom. The van der Waals surface area contributed by atoms with Gasteiger partial charge in [0.05, 0.1) is 12.0 Å². The maximum Gasteiger partial charge on any atom is 0.313 e. The van der Waals surface area contributed by atoms with Crippen molar-refractivity contribution in [2.45, 2.75) is 19.9 Å². The summed E-state index contributed by atoms with van der Waals surface area (Å²) in [5.41, 5.74) is 1.16. The zero-order valence-electron chi connectivity index (χ0n) is 10.8. The molecule has 96 valence electrons. The molecule has 2 aliphatic rings. The highest BCUT2D eigenvalue weighted by Gasteiger charge is 2.65. The molecule has 1 aliphatic carbocycles. The number of benzene rings is 1. The Kier molecular flexibility index (Phi) is 2.86. The lowest BCUT2D eigenvalue weighted by Gasteiger charge is -2.19. The van der Waals surface area contributed by atoms with Gasteiger partial charge in [0.15, 0.2) is 0 Å². The molecule has 0 radical (unpaired) electrons. The van der Waals surface area contributed by atoms with Gasteiger partial charge in [0, 0.05) is 19.6 Å². The number of ether oxygens (including phenoxy) is 1. The molecule has 0 bridgehead atoms. The van der Waals surface area contributed by atoms with Crippen LogP contribution >= 0.6 is 0 Å². The fourth-order valence-electron chi connectivity index (χ4n) is 3.14. The van der Waals surface area contributed by atoms with Gasteiger partial charge in [0.1, 0.15) is 0 Å². The molecule has 0 unspecified atom stereocenters. The Bertz CT molecular complexity index is 445. The average molecular weight is 245 g/mol. The number of hydrogen-bond donors (Lipinski definition) is 0. The Labute approximate surface area is 108 Å². The van der Waals surface area contributed by atoms with Gasteiger partial charge in [-0.3, -0.25) is 9.69 Å². The smallest absolute Gasteiger partial charge is 0.313 e. The van der Waals surface area contributed by atoms with E-state index in [1.807, 2.05) is 13.0 Å².